The van der Waals surface area contributed by atoms with Gasteiger partial charge in [-0.05, 0) is 37.3 Å². The number of aryl methyl sites for hydroxylation is 1. The molecule has 2 atom stereocenters. The van der Waals surface area contributed by atoms with Crippen LogP contribution in [0.3, 0.4) is 0 Å². The molecule has 18 heavy (non-hydrogen) atoms. The second kappa shape index (κ2) is 4.73. The Labute approximate surface area is 111 Å². The summed E-state index contributed by atoms with van der Waals surface area (Å²) in [6.45, 7) is 1.84. The van der Waals surface area contributed by atoms with E-state index in [4.69, 9.17) is 16.1 Å². The fraction of sp³-hybridized carbons (Fsp3) is 0.429. The molecule has 0 amide bonds. The van der Waals surface area contributed by atoms with Crippen molar-refractivity contribution in [3.05, 3.63) is 47.1 Å². The summed E-state index contributed by atoms with van der Waals surface area (Å²) in [7, 11) is 0. The fourth-order valence-electron chi connectivity index (χ4n) is 2.57. The molecule has 0 N–H and O–H groups in total. The molecular formula is C14H15ClN2O. The number of hydrogen-bond acceptors (Lipinski definition) is 3. The molecule has 0 saturated heterocycles. The number of fused-ring (bicyclic) bond motifs is 1. The molecular weight excluding hydrogens is 248 g/mol. The number of nitrogens with zero attached hydrogens (tertiary/aromatic N) is 2. The van der Waals surface area contributed by atoms with Gasteiger partial charge in [0.1, 0.15) is 5.38 Å². The van der Waals surface area contributed by atoms with E-state index >= 15 is 0 Å². The molecule has 1 aliphatic carbocycles. The van der Waals surface area contributed by atoms with Gasteiger partial charge in [0.15, 0.2) is 5.82 Å². The molecule has 3 nitrogen and oxygen atoms in total. The molecule has 0 bridgehead atoms. The van der Waals surface area contributed by atoms with E-state index in [0.717, 1.165) is 18.7 Å². The average molecular weight is 263 g/mol. The van der Waals surface area contributed by atoms with Crippen molar-refractivity contribution in [2.24, 2.45) is 0 Å². The average Bonchev–Trinajstić information content (AvgIpc) is 2.87. The lowest BCUT2D eigenvalue weighted by Crippen LogP contribution is -2.12. The number of hydrogen-bond donors (Lipinski definition) is 0. The predicted octanol–water partition coefficient (Wildman–Crippen LogP) is 3.84. The maximum Gasteiger partial charge on any atom is 0.244 e. The second-order valence-electron chi connectivity index (χ2n) is 4.75. The van der Waals surface area contributed by atoms with Crippen LogP contribution in [0.5, 0.6) is 0 Å². The Morgan fingerprint density at radius 2 is 2.22 bits per heavy atom. The third-order valence-corrected chi connectivity index (χ3v) is 3.67. The van der Waals surface area contributed by atoms with Gasteiger partial charge in [0.05, 0.1) is 0 Å². The van der Waals surface area contributed by atoms with Gasteiger partial charge < -0.3 is 4.52 Å². The lowest BCUT2D eigenvalue weighted by molar-refractivity contribution is 0.370. The van der Waals surface area contributed by atoms with Crippen molar-refractivity contribution in [2.75, 3.05) is 0 Å². The topological polar surface area (TPSA) is 38.9 Å². The SMILES string of the molecule is CC(Cl)c1nc(C2CCCc3ccccc32)no1. The molecule has 1 aromatic heterocycles. The first-order chi connectivity index (χ1) is 8.75. The molecule has 1 aliphatic rings. The molecule has 0 fully saturated rings. The van der Waals surface area contributed by atoms with Crippen LogP contribution in [0.4, 0.5) is 0 Å². The highest BCUT2D eigenvalue weighted by Gasteiger charge is 2.26. The summed E-state index contributed by atoms with van der Waals surface area (Å²) >= 11 is 5.96. The Kier molecular flexibility index (Phi) is 3.08. The van der Waals surface area contributed by atoms with E-state index in [0.29, 0.717) is 5.89 Å². The van der Waals surface area contributed by atoms with Gasteiger partial charge in [-0.3, -0.25) is 0 Å². The first kappa shape index (κ1) is 11.7. The molecule has 0 saturated carbocycles. The summed E-state index contributed by atoms with van der Waals surface area (Å²) in [4.78, 5) is 4.42. The highest BCUT2D eigenvalue weighted by atomic mass is 35.5. The van der Waals surface area contributed by atoms with E-state index in [2.05, 4.69) is 34.4 Å². The smallest absolute Gasteiger partial charge is 0.244 e. The number of benzene rings is 1. The monoisotopic (exact) mass is 262 g/mol. The summed E-state index contributed by atoms with van der Waals surface area (Å²) in [6.07, 6.45) is 3.39. The Morgan fingerprint density at radius 1 is 1.39 bits per heavy atom. The van der Waals surface area contributed by atoms with Gasteiger partial charge in [0.25, 0.3) is 0 Å². The first-order valence-electron chi connectivity index (χ1n) is 6.31. The van der Waals surface area contributed by atoms with Crippen LogP contribution in [0.15, 0.2) is 28.8 Å². The summed E-state index contributed by atoms with van der Waals surface area (Å²) in [6, 6.07) is 8.51. The first-order valence-corrected chi connectivity index (χ1v) is 6.74. The molecule has 94 valence electrons. The molecule has 0 radical (unpaired) electrons. The fourth-order valence-corrected chi connectivity index (χ4v) is 2.66. The lowest BCUT2D eigenvalue weighted by Gasteiger charge is -2.22. The van der Waals surface area contributed by atoms with Crippen LogP contribution in [0.2, 0.25) is 0 Å². The number of halogens is 1. The molecule has 1 heterocycles. The number of rotatable bonds is 2. The van der Waals surface area contributed by atoms with E-state index in [1.165, 1.54) is 17.5 Å². The summed E-state index contributed by atoms with van der Waals surface area (Å²) in [5.41, 5.74) is 2.73. The molecule has 2 unspecified atom stereocenters. The maximum atomic E-state index is 5.96. The van der Waals surface area contributed by atoms with Crippen LogP contribution in [0, 0.1) is 0 Å². The molecule has 0 spiro atoms. The molecule has 2 aromatic rings. The highest BCUT2D eigenvalue weighted by Crippen LogP contribution is 2.35. The highest BCUT2D eigenvalue weighted by molar-refractivity contribution is 6.20. The zero-order chi connectivity index (χ0) is 12.5. The van der Waals surface area contributed by atoms with Crippen LogP contribution in [0.1, 0.15) is 53.9 Å². The van der Waals surface area contributed by atoms with E-state index in [1.54, 1.807) is 0 Å². The normalized spacial score (nSPS) is 20.4. The van der Waals surface area contributed by atoms with E-state index in [-0.39, 0.29) is 11.3 Å². The van der Waals surface area contributed by atoms with Crippen molar-refractivity contribution in [2.45, 2.75) is 37.5 Å². The molecule has 4 heteroatoms. The molecule has 1 aromatic carbocycles. The van der Waals surface area contributed by atoms with Gasteiger partial charge in [-0.2, -0.15) is 4.98 Å². The van der Waals surface area contributed by atoms with Gasteiger partial charge in [-0.25, -0.2) is 0 Å². The van der Waals surface area contributed by atoms with Gasteiger partial charge >= 0.3 is 0 Å². The van der Waals surface area contributed by atoms with Crippen LogP contribution in [0.25, 0.3) is 0 Å². The van der Waals surface area contributed by atoms with Crippen molar-refractivity contribution in [1.29, 1.82) is 0 Å². The largest absolute Gasteiger partial charge is 0.338 e. The second-order valence-corrected chi connectivity index (χ2v) is 5.41. The quantitative estimate of drug-likeness (QED) is 0.772. The van der Waals surface area contributed by atoms with Gasteiger partial charge in [0, 0.05) is 5.92 Å². The lowest BCUT2D eigenvalue weighted by atomic mass is 9.82. The number of aromatic nitrogens is 2. The minimum Gasteiger partial charge on any atom is -0.338 e. The Morgan fingerprint density at radius 3 is 3.00 bits per heavy atom. The van der Waals surface area contributed by atoms with Crippen molar-refractivity contribution >= 4 is 11.6 Å². The zero-order valence-corrected chi connectivity index (χ0v) is 11.0. The van der Waals surface area contributed by atoms with Gasteiger partial charge in [0.2, 0.25) is 5.89 Å². The van der Waals surface area contributed by atoms with Gasteiger partial charge in [-0.15, -0.1) is 11.6 Å². The standard InChI is InChI=1S/C14H15ClN2O/c1-9(15)14-16-13(17-18-14)12-8-4-6-10-5-2-3-7-11(10)12/h2-3,5,7,9,12H,4,6,8H2,1H3. The number of alkyl halides is 1. The van der Waals surface area contributed by atoms with Crippen LogP contribution in [-0.2, 0) is 6.42 Å². The summed E-state index contributed by atoms with van der Waals surface area (Å²) < 4.78 is 5.20. The Bertz CT molecular complexity index is 550. The van der Waals surface area contributed by atoms with Crippen LogP contribution in [-0.4, -0.2) is 10.1 Å². The van der Waals surface area contributed by atoms with Crippen molar-refractivity contribution < 1.29 is 4.52 Å². The van der Waals surface area contributed by atoms with Crippen molar-refractivity contribution in [3.8, 4) is 0 Å². The zero-order valence-electron chi connectivity index (χ0n) is 10.3. The minimum absolute atomic E-state index is 0.231. The third kappa shape index (κ3) is 2.03. The van der Waals surface area contributed by atoms with E-state index in [1.807, 2.05) is 6.92 Å². The van der Waals surface area contributed by atoms with Crippen molar-refractivity contribution in [1.82, 2.24) is 10.1 Å². The summed E-state index contributed by atoms with van der Waals surface area (Å²) in [5, 5.41) is 3.86. The Balaban J connectivity index is 1.97. The van der Waals surface area contributed by atoms with Crippen molar-refractivity contribution in [3.63, 3.8) is 0 Å². The third-order valence-electron chi connectivity index (χ3n) is 3.48. The van der Waals surface area contributed by atoms with E-state index in [9.17, 15) is 0 Å². The Hall–Kier alpha value is -1.35. The minimum atomic E-state index is -0.231. The van der Waals surface area contributed by atoms with Crippen LogP contribution < -0.4 is 0 Å². The maximum absolute atomic E-state index is 5.96. The molecule has 3 rings (SSSR count). The predicted molar refractivity (Wildman–Crippen MR) is 69.8 cm³/mol. The van der Waals surface area contributed by atoms with E-state index < -0.39 is 0 Å². The molecule has 0 aliphatic heterocycles. The van der Waals surface area contributed by atoms with Gasteiger partial charge in [-0.1, -0.05) is 29.4 Å². The van der Waals surface area contributed by atoms with Crippen LogP contribution >= 0.6 is 11.6 Å². The summed E-state index contributed by atoms with van der Waals surface area (Å²) in [5.74, 6) is 1.53.